The first-order valence-corrected chi connectivity index (χ1v) is 11.3. The summed E-state index contributed by atoms with van der Waals surface area (Å²) in [5, 5.41) is 14.6. The summed E-state index contributed by atoms with van der Waals surface area (Å²) in [5.74, 6) is 1.75. The van der Waals surface area contributed by atoms with Crippen molar-refractivity contribution in [2.45, 2.75) is 39.2 Å². The Morgan fingerprint density at radius 1 is 1.21 bits per heavy atom. The van der Waals surface area contributed by atoms with Crippen LogP contribution in [0.5, 0.6) is 5.75 Å². The quantitative estimate of drug-likeness (QED) is 0.564. The summed E-state index contributed by atoms with van der Waals surface area (Å²) in [6.07, 6.45) is 4.20. The van der Waals surface area contributed by atoms with Crippen LogP contribution in [0.1, 0.15) is 48.4 Å². The van der Waals surface area contributed by atoms with E-state index in [-0.39, 0.29) is 6.10 Å². The van der Waals surface area contributed by atoms with E-state index >= 15 is 0 Å². The molecule has 1 saturated heterocycles. The van der Waals surface area contributed by atoms with Crippen LogP contribution in [0.15, 0.2) is 35.5 Å². The average Bonchev–Trinajstić information content (AvgIpc) is 3.43. The topological polar surface area (TPSA) is 105 Å². The number of likely N-dealkylation sites (tertiary alicyclic amines) is 1. The van der Waals surface area contributed by atoms with Crippen LogP contribution in [0, 0.1) is 18.3 Å². The molecule has 1 atom stereocenters. The Morgan fingerprint density at radius 2 is 2.00 bits per heavy atom. The molecular formula is C25H27N7O. The molecule has 0 aliphatic carbocycles. The van der Waals surface area contributed by atoms with E-state index in [0.717, 1.165) is 65.4 Å². The number of hydrogen-bond acceptors (Lipinski definition) is 7. The molecule has 8 heteroatoms. The number of benzene rings is 1. The highest BCUT2D eigenvalue weighted by Crippen LogP contribution is 2.37. The summed E-state index contributed by atoms with van der Waals surface area (Å²) in [5.41, 5.74) is 12.0. The van der Waals surface area contributed by atoms with Crippen molar-refractivity contribution in [1.29, 1.82) is 5.26 Å². The molecule has 33 heavy (non-hydrogen) atoms. The predicted octanol–water partition coefficient (Wildman–Crippen LogP) is 4.07. The number of anilines is 1. The smallest absolute Gasteiger partial charge is 0.166 e. The minimum absolute atomic E-state index is 0.286. The fourth-order valence-electron chi connectivity index (χ4n) is 4.66. The second-order valence-electron chi connectivity index (χ2n) is 8.73. The lowest BCUT2D eigenvalue weighted by atomic mass is 10.0. The molecule has 0 spiro atoms. The van der Waals surface area contributed by atoms with Crippen molar-refractivity contribution < 1.29 is 4.74 Å². The van der Waals surface area contributed by atoms with Crippen LogP contribution in [0.3, 0.4) is 0 Å². The van der Waals surface area contributed by atoms with Gasteiger partial charge in [-0.25, -0.2) is 9.98 Å². The van der Waals surface area contributed by atoms with Crippen molar-refractivity contribution in [3.63, 3.8) is 0 Å². The standard InChI is InChI=1S/C25H27N7O/c1-15-6-7-19-18(10-15)16(2)33-22-11-17(14-28-25(22)27)24-20(30-31(3)21(24)13-26)12-23(29-19)32-8-4-5-9-32/h6-7,10-11,14,16H,4-5,8-9,12H2,1-3H3,(H2,27,28)/t16-/m1/s1. The van der Waals surface area contributed by atoms with E-state index in [9.17, 15) is 5.26 Å². The average molecular weight is 442 g/mol. The van der Waals surface area contributed by atoms with Crippen LogP contribution >= 0.6 is 0 Å². The van der Waals surface area contributed by atoms with Crippen molar-refractivity contribution in [3.8, 4) is 22.9 Å². The molecule has 2 bridgehead atoms. The van der Waals surface area contributed by atoms with Gasteiger partial charge in [-0.05, 0) is 38.8 Å². The van der Waals surface area contributed by atoms with E-state index in [0.29, 0.717) is 23.7 Å². The molecule has 0 amide bonds. The molecule has 0 radical (unpaired) electrons. The number of nitrogens with two attached hydrogens (primary N) is 1. The fourth-order valence-corrected chi connectivity index (χ4v) is 4.66. The molecule has 2 aliphatic rings. The van der Waals surface area contributed by atoms with Gasteiger partial charge in [0.05, 0.1) is 17.8 Å². The molecule has 4 heterocycles. The number of aromatic nitrogens is 3. The number of nitriles is 1. The number of ether oxygens (including phenoxy) is 1. The molecule has 5 rings (SSSR count). The van der Waals surface area contributed by atoms with Crippen LogP contribution < -0.4 is 10.5 Å². The van der Waals surface area contributed by atoms with Gasteiger partial charge in [-0.1, -0.05) is 17.7 Å². The maximum absolute atomic E-state index is 9.89. The summed E-state index contributed by atoms with van der Waals surface area (Å²) in [6, 6.07) is 10.4. The van der Waals surface area contributed by atoms with Gasteiger partial charge in [0.2, 0.25) is 0 Å². The zero-order chi connectivity index (χ0) is 23.1. The van der Waals surface area contributed by atoms with Crippen molar-refractivity contribution in [2.75, 3.05) is 18.8 Å². The monoisotopic (exact) mass is 441 g/mol. The molecule has 8 nitrogen and oxygen atoms in total. The lowest BCUT2D eigenvalue weighted by Gasteiger charge is -2.23. The largest absolute Gasteiger partial charge is 0.482 e. The van der Waals surface area contributed by atoms with Gasteiger partial charge in [-0.3, -0.25) is 4.68 Å². The lowest BCUT2D eigenvalue weighted by molar-refractivity contribution is 0.228. The summed E-state index contributed by atoms with van der Waals surface area (Å²) < 4.78 is 7.94. The number of rotatable bonds is 0. The van der Waals surface area contributed by atoms with Crippen LogP contribution in [0.2, 0.25) is 0 Å². The van der Waals surface area contributed by atoms with Crippen molar-refractivity contribution in [1.82, 2.24) is 19.7 Å². The van der Waals surface area contributed by atoms with Gasteiger partial charge in [0.15, 0.2) is 11.6 Å². The van der Waals surface area contributed by atoms with Crippen LogP contribution in [-0.4, -0.2) is 38.6 Å². The summed E-state index contributed by atoms with van der Waals surface area (Å²) in [6.45, 7) is 5.99. The second-order valence-corrected chi connectivity index (χ2v) is 8.73. The normalized spacial score (nSPS) is 17.7. The number of aryl methyl sites for hydroxylation is 2. The molecule has 168 valence electrons. The third kappa shape index (κ3) is 3.80. The maximum Gasteiger partial charge on any atom is 0.166 e. The van der Waals surface area contributed by atoms with Gasteiger partial charge in [-0.2, -0.15) is 10.4 Å². The molecule has 1 aromatic carbocycles. The number of aliphatic imine (C=N–C) groups is 1. The van der Waals surface area contributed by atoms with E-state index in [1.165, 1.54) is 0 Å². The Bertz CT molecular complexity index is 1290. The molecular weight excluding hydrogens is 414 g/mol. The summed E-state index contributed by atoms with van der Waals surface area (Å²) in [7, 11) is 1.79. The molecule has 1 fully saturated rings. The number of fused-ring (bicyclic) bond motifs is 5. The second kappa shape index (κ2) is 8.24. The Balaban J connectivity index is 1.77. The molecule has 0 saturated carbocycles. The fraction of sp³-hybridized carbons (Fsp3) is 0.360. The number of pyridine rings is 1. The van der Waals surface area contributed by atoms with Gasteiger partial charge in [-0.15, -0.1) is 0 Å². The summed E-state index contributed by atoms with van der Waals surface area (Å²) >= 11 is 0. The highest BCUT2D eigenvalue weighted by atomic mass is 16.5. The van der Waals surface area contributed by atoms with Gasteiger partial charge < -0.3 is 15.4 Å². The van der Waals surface area contributed by atoms with E-state index in [2.05, 4.69) is 35.0 Å². The minimum atomic E-state index is -0.286. The zero-order valence-corrected chi connectivity index (χ0v) is 19.2. The number of amidine groups is 1. The van der Waals surface area contributed by atoms with Gasteiger partial charge in [0.25, 0.3) is 0 Å². The van der Waals surface area contributed by atoms with Crippen LogP contribution in [0.25, 0.3) is 11.1 Å². The van der Waals surface area contributed by atoms with E-state index < -0.39 is 0 Å². The molecule has 2 N–H and O–H groups in total. The van der Waals surface area contributed by atoms with Gasteiger partial charge >= 0.3 is 0 Å². The van der Waals surface area contributed by atoms with E-state index in [1.54, 1.807) is 17.9 Å². The third-order valence-electron chi connectivity index (χ3n) is 6.37. The molecule has 0 unspecified atom stereocenters. The SMILES string of the molecule is Cc1ccc2c(c1)[C@@H](C)Oc1cc(cnc1N)-c1c(nn(C)c1C#N)CC(N1CCCC1)=N2. The van der Waals surface area contributed by atoms with E-state index in [4.69, 9.17) is 20.6 Å². The van der Waals surface area contributed by atoms with Gasteiger partial charge in [0.1, 0.15) is 23.7 Å². The minimum Gasteiger partial charge on any atom is -0.482 e. The summed E-state index contributed by atoms with van der Waals surface area (Å²) in [4.78, 5) is 11.9. The van der Waals surface area contributed by atoms with Crippen molar-refractivity contribution >= 4 is 17.3 Å². The Hall–Kier alpha value is -3.86. The van der Waals surface area contributed by atoms with Gasteiger partial charge in [0, 0.05) is 43.0 Å². The predicted molar refractivity (Wildman–Crippen MR) is 127 cm³/mol. The zero-order valence-electron chi connectivity index (χ0n) is 19.2. The maximum atomic E-state index is 9.89. The molecule has 2 aliphatic heterocycles. The number of nitrogens with zero attached hydrogens (tertiary/aromatic N) is 6. The highest BCUT2D eigenvalue weighted by Gasteiger charge is 2.26. The number of hydrogen-bond donors (Lipinski definition) is 1. The van der Waals surface area contributed by atoms with Crippen LogP contribution in [0.4, 0.5) is 11.5 Å². The Labute approximate surface area is 193 Å². The Kier molecular flexibility index (Phi) is 5.25. The van der Waals surface area contributed by atoms with Crippen molar-refractivity contribution in [2.24, 2.45) is 12.0 Å². The number of nitrogen functional groups attached to an aromatic ring is 1. The molecule has 3 aromatic rings. The van der Waals surface area contributed by atoms with Crippen molar-refractivity contribution in [3.05, 3.63) is 53.0 Å². The Morgan fingerprint density at radius 3 is 2.76 bits per heavy atom. The first-order valence-electron chi connectivity index (χ1n) is 11.3. The first kappa shape index (κ1) is 21.0. The van der Waals surface area contributed by atoms with E-state index in [1.807, 2.05) is 19.1 Å². The third-order valence-corrected chi connectivity index (χ3v) is 6.37. The highest BCUT2D eigenvalue weighted by molar-refractivity contribution is 5.89. The first-order chi connectivity index (χ1) is 15.9. The van der Waals surface area contributed by atoms with Crippen LogP contribution in [-0.2, 0) is 13.5 Å². The molecule has 2 aromatic heterocycles. The lowest BCUT2D eigenvalue weighted by Crippen LogP contribution is -2.30.